The first-order chi connectivity index (χ1) is 9.25. The highest BCUT2D eigenvalue weighted by Gasteiger charge is 2.17. The second-order valence-corrected chi connectivity index (χ2v) is 5.62. The molecule has 1 aromatic rings. The number of esters is 1. The fourth-order valence-electron chi connectivity index (χ4n) is 1.89. The SMILES string of the molecule is CCCCCCCCOC(=O)C(Br)c1ccccc1. The summed E-state index contributed by atoms with van der Waals surface area (Å²) in [6.07, 6.45) is 7.20. The highest BCUT2D eigenvalue weighted by Crippen LogP contribution is 2.23. The van der Waals surface area contributed by atoms with Crippen molar-refractivity contribution in [1.82, 2.24) is 0 Å². The van der Waals surface area contributed by atoms with Crippen LogP contribution in [0, 0.1) is 0 Å². The van der Waals surface area contributed by atoms with Crippen LogP contribution in [0.4, 0.5) is 0 Å². The monoisotopic (exact) mass is 326 g/mol. The van der Waals surface area contributed by atoms with E-state index in [0.29, 0.717) is 6.61 Å². The molecule has 0 amide bonds. The lowest BCUT2D eigenvalue weighted by Crippen LogP contribution is -2.11. The summed E-state index contributed by atoms with van der Waals surface area (Å²) in [4.78, 5) is 11.5. The van der Waals surface area contributed by atoms with Crippen LogP contribution in [0.1, 0.15) is 55.8 Å². The minimum Gasteiger partial charge on any atom is -0.465 e. The summed E-state index contributed by atoms with van der Waals surface area (Å²) >= 11 is 3.38. The lowest BCUT2D eigenvalue weighted by atomic mass is 10.1. The van der Waals surface area contributed by atoms with Gasteiger partial charge in [-0.1, -0.05) is 85.3 Å². The van der Waals surface area contributed by atoms with Gasteiger partial charge in [-0.2, -0.15) is 0 Å². The first kappa shape index (κ1) is 16.2. The molecule has 0 aromatic heterocycles. The minimum atomic E-state index is -0.353. The maximum absolute atomic E-state index is 11.8. The molecule has 0 radical (unpaired) electrons. The molecule has 0 aliphatic heterocycles. The summed E-state index contributed by atoms with van der Waals surface area (Å²) < 4.78 is 5.28. The quantitative estimate of drug-likeness (QED) is 0.361. The molecule has 1 rings (SSSR count). The van der Waals surface area contributed by atoms with E-state index < -0.39 is 0 Å². The van der Waals surface area contributed by atoms with Gasteiger partial charge in [-0.25, -0.2) is 0 Å². The van der Waals surface area contributed by atoms with Crippen LogP contribution in [0.25, 0.3) is 0 Å². The predicted octanol–water partition coefficient (Wildman–Crippen LogP) is 5.03. The van der Waals surface area contributed by atoms with Crippen molar-refractivity contribution < 1.29 is 9.53 Å². The number of rotatable bonds is 9. The Kier molecular flexibility index (Phi) is 8.55. The van der Waals surface area contributed by atoms with Crippen LogP contribution in [-0.2, 0) is 9.53 Å². The van der Waals surface area contributed by atoms with Gasteiger partial charge in [0.05, 0.1) is 6.61 Å². The zero-order valence-corrected chi connectivity index (χ0v) is 13.2. The molecule has 0 aliphatic rings. The molecule has 1 atom stereocenters. The molecule has 0 fully saturated rings. The molecule has 0 bridgehead atoms. The molecule has 2 nitrogen and oxygen atoms in total. The van der Waals surface area contributed by atoms with Crippen molar-refractivity contribution in [3.8, 4) is 0 Å². The maximum Gasteiger partial charge on any atom is 0.324 e. The van der Waals surface area contributed by atoms with Gasteiger partial charge >= 0.3 is 5.97 Å². The molecular weight excluding hydrogens is 304 g/mol. The molecule has 0 saturated heterocycles. The second kappa shape index (κ2) is 10.0. The Balaban J connectivity index is 2.14. The Morgan fingerprint density at radius 2 is 1.74 bits per heavy atom. The Morgan fingerprint density at radius 3 is 2.42 bits per heavy atom. The number of hydrogen-bond donors (Lipinski definition) is 0. The average Bonchev–Trinajstić information content (AvgIpc) is 2.46. The average molecular weight is 327 g/mol. The lowest BCUT2D eigenvalue weighted by molar-refractivity contribution is -0.143. The van der Waals surface area contributed by atoms with E-state index in [2.05, 4.69) is 22.9 Å². The highest BCUT2D eigenvalue weighted by molar-refractivity contribution is 9.09. The van der Waals surface area contributed by atoms with Crippen molar-refractivity contribution in [3.05, 3.63) is 35.9 Å². The van der Waals surface area contributed by atoms with E-state index in [1.165, 1.54) is 25.7 Å². The highest BCUT2D eigenvalue weighted by atomic mass is 79.9. The van der Waals surface area contributed by atoms with Crippen molar-refractivity contribution in [2.45, 2.75) is 50.3 Å². The van der Waals surface area contributed by atoms with Gasteiger partial charge in [0.25, 0.3) is 0 Å². The third-order valence-electron chi connectivity index (χ3n) is 3.04. The molecule has 19 heavy (non-hydrogen) atoms. The van der Waals surface area contributed by atoms with Crippen LogP contribution < -0.4 is 0 Å². The lowest BCUT2D eigenvalue weighted by Gasteiger charge is -2.10. The largest absolute Gasteiger partial charge is 0.465 e. The Morgan fingerprint density at radius 1 is 1.11 bits per heavy atom. The standard InChI is InChI=1S/C16H23BrO2/c1-2-3-4-5-6-10-13-19-16(18)15(17)14-11-8-7-9-12-14/h7-9,11-12,15H,2-6,10,13H2,1H3. The maximum atomic E-state index is 11.8. The topological polar surface area (TPSA) is 26.3 Å². The zero-order valence-electron chi connectivity index (χ0n) is 11.6. The van der Waals surface area contributed by atoms with E-state index in [1.54, 1.807) is 0 Å². The number of hydrogen-bond acceptors (Lipinski definition) is 2. The molecule has 106 valence electrons. The molecule has 0 N–H and O–H groups in total. The fraction of sp³-hybridized carbons (Fsp3) is 0.562. The van der Waals surface area contributed by atoms with Crippen molar-refractivity contribution in [1.29, 1.82) is 0 Å². The number of ether oxygens (including phenoxy) is 1. The summed E-state index contributed by atoms with van der Waals surface area (Å²) in [5.41, 5.74) is 0.940. The number of carbonyl (C=O) groups excluding carboxylic acids is 1. The van der Waals surface area contributed by atoms with Crippen molar-refractivity contribution in [3.63, 3.8) is 0 Å². The molecule has 0 aliphatic carbocycles. The number of benzene rings is 1. The van der Waals surface area contributed by atoms with Crippen LogP contribution >= 0.6 is 15.9 Å². The molecule has 0 saturated carbocycles. The van der Waals surface area contributed by atoms with Gasteiger partial charge in [0, 0.05) is 0 Å². The summed E-state index contributed by atoms with van der Waals surface area (Å²) in [6, 6.07) is 9.62. The molecule has 1 unspecified atom stereocenters. The first-order valence-corrected chi connectivity index (χ1v) is 8.03. The summed E-state index contributed by atoms with van der Waals surface area (Å²) in [6.45, 7) is 2.74. The normalized spacial score (nSPS) is 12.1. The van der Waals surface area contributed by atoms with Gasteiger partial charge in [-0.15, -0.1) is 0 Å². The van der Waals surface area contributed by atoms with Crippen LogP contribution in [0.5, 0.6) is 0 Å². The van der Waals surface area contributed by atoms with Gasteiger partial charge in [-0.05, 0) is 12.0 Å². The summed E-state index contributed by atoms with van der Waals surface area (Å²) in [7, 11) is 0. The molecular formula is C16H23BrO2. The van der Waals surface area contributed by atoms with Gasteiger partial charge in [0.2, 0.25) is 0 Å². The Hall–Kier alpha value is -0.830. The molecule has 0 heterocycles. The molecule has 1 aromatic carbocycles. The van der Waals surface area contributed by atoms with E-state index >= 15 is 0 Å². The summed E-state index contributed by atoms with van der Waals surface area (Å²) in [5, 5.41) is 0. The van der Waals surface area contributed by atoms with E-state index in [-0.39, 0.29) is 10.8 Å². The predicted molar refractivity (Wildman–Crippen MR) is 82.4 cm³/mol. The van der Waals surface area contributed by atoms with Gasteiger partial charge in [-0.3, -0.25) is 4.79 Å². The zero-order chi connectivity index (χ0) is 13.9. The summed E-state index contributed by atoms with van der Waals surface area (Å²) in [5.74, 6) is -0.195. The van der Waals surface area contributed by atoms with Crippen LogP contribution in [0.15, 0.2) is 30.3 Å². The van der Waals surface area contributed by atoms with Crippen molar-refractivity contribution in [2.75, 3.05) is 6.61 Å². The molecule has 0 spiro atoms. The van der Waals surface area contributed by atoms with E-state index in [0.717, 1.165) is 18.4 Å². The van der Waals surface area contributed by atoms with E-state index in [1.807, 2.05) is 30.3 Å². The van der Waals surface area contributed by atoms with Gasteiger partial charge in [0.1, 0.15) is 4.83 Å². The Bertz CT molecular complexity index is 351. The molecule has 3 heteroatoms. The van der Waals surface area contributed by atoms with Crippen LogP contribution in [-0.4, -0.2) is 12.6 Å². The number of carbonyl (C=O) groups is 1. The van der Waals surface area contributed by atoms with Crippen molar-refractivity contribution in [2.24, 2.45) is 0 Å². The minimum absolute atomic E-state index is 0.195. The van der Waals surface area contributed by atoms with Gasteiger partial charge < -0.3 is 4.74 Å². The van der Waals surface area contributed by atoms with Crippen molar-refractivity contribution >= 4 is 21.9 Å². The second-order valence-electron chi connectivity index (χ2n) is 4.71. The number of unbranched alkanes of at least 4 members (excludes halogenated alkanes) is 5. The van der Waals surface area contributed by atoms with Crippen LogP contribution in [0.2, 0.25) is 0 Å². The fourth-order valence-corrected chi connectivity index (χ4v) is 2.32. The number of halogens is 1. The van der Waals surface area contributed by atoms with Crippen LogP contribution in [0.3, 0.4) is 0 Å². The Labute approximate surface area is 124 Å². The van der Waals surface area contributed by atoms with Gasteiger partial charge in [0.15, 0.2) is 0 Å². The smallest absolute Gasteiger partial charge is 0.324 e. The van der Waals surface area contributed by atoms with E-state index in [9.17, 15) is 4.79 Å². The third-order valence-corrected chi connectivity index (χ3v) is 3.94. The number of alkyl halides is 1. The first-order valence-electron chi connectivity index (χ1n) is 7.11. The third kappa shape index (κ3) is 6.76. The van der Waals surface area contributed by atoms with E-state index in [4.69, 9.17) is 4.74 Å².